The van der Waals surface area contributed by atoms with Crippen molar-refractivity contribution in [2.45, 2.75) is 33.1 Å². The summed E-state index contributed by atoms with van der Waals surface area (Å²) in [5, 5.41) is 3.28. The van der Waals surface area contributed by atoms with Gasteiger partial charge in [-0.15, -0.1) is 0 Å². The van der Waals surface area contributed by atoms with E-state index in [1.165, 1.54) is 43.5 Å². The Balaban J connectivity index is 0.000000202. The van der Waals surface area contributed by atoms with Crippen LogP contribution in [0.5, 0.6) is 0 Å². The van der Waals surface area contributed by atoms with Crippen LogP contribution in [0.2, 0.25) is 0 Å². The van der Waals surface area contributed by atoms with Gasteiger partial charge < -0.3 is 5.32 Å². The van der Waals surface area contributed by atoms with Gasteiger partial charge in [-0.05, 0) is 50.9 Å². The Labute approximate surface area is 105 Å². The fourth-order valence-corrected chi connectivity index (χ4v) is 1.90. The molecule has 1 N–H and O–H groups in total. The normalized spacial score (nSPS) is 16.1. The summed E-state index contributed by atoms with van der Waals surface area (Å²) in [6.45, 7) is 6.63. The molecule has 1 fully saturated rings. The van der Waals surface area contributed by atoms with Crippen molar-refractivity contribution in [3.05, 3.63) is 35.4 Å². The van der Waals surface area contributed by atoms with Crippen molar-refractivity contribution in [1.82, 2.24) is 5.32 Å². The zero-order valence-electron chi connectivity index (χ0n) is 11.3. The molecule has 0 aliphatic carbocycles. The van der Waals surface area contributed by atoms with Crippen LogP contribution in [0, 0.1) is 6.92 Å². The molecule has 0 amide bonds. The molecule has 1 aliphatic rings. The molecule has 0 radical (unpaired) electrons. The third-order valence-corrected chi connectivity index (χ3v) is 3.08. The van der Waals surface area contributed by atoms with Gasteiger partial charge >= 0.3 is 0 Å². The van der Waals surface area contributed by atoms with Gasteiger partial charge in [0.15, 0.2) is 0 Å². The molecule has 0 bridgehead atoms. The predicted molar refractivity (Wildman–Crippen MR) is 76.0 cm³/mol. The number of hydrogen-bond acceptors (Lipinski definition) is 2. The minimum absolute atomic E-state index is 1.10. The molecule has 0 unspecified atom stereocenters. The van der Waals surface area contributed by atoms with E-state index in [2.05, 4.69) is 29.4 Å². The monoisotopic (exact) mass is 232 g/mol. The maximum Gasteiger partial charge on any atom is 0.0388 e. The molecular formula is C15H24N2. The molecule has 0 saturated carbocycles. The van der Waals surface area contributed by atoms with E-state index in [4.69, 9.17) is 0 Å². The summed E-state index contributed by atoms with van der Waals surface area (Å²) in [5.74, 6) is 0. The highest BCUT2D eigenvalue weighted by molar-refractivity contribution is 5.99. The van der Waals surface area contributed by atoms with Crippen LogP contribution < -0.4 is 5.32 Å². The number of hydrogen-bond donors (Lipinski definition) is 1. The molecule has 1 heterocycles. The van der Waals surface area contributed by atoms with Crippen LogP contribution in [0.3, 0.4) is 0 Å². The van der Waals surface area contributed by atoms with Gasteiger partial charge in [-0.2, -0.15) is 0 Å². The lowest BCUT2D eigenvalue weighted by molar-refractivity contribution is 0.520. The molecule has 94 valence electrons. The summed E-state index contributed by atoms with van der Waals surface area (Å²) >= 11 is 0. The molecule has 1 aromatic rings. The lowest BCUT2D eigenvalue weighted by Crippen LogP contribution is -2.21. The third-order valence-electron chi connectivity index (χ3n) is 3.08. The second-order valence-electron chi connectivity index (χ2n) is 4.43. The lowest BCUT2D eigenvalue weighted by atomic mass is 10.1. The first-order valence-corrected chi connectivity index (χ1v) is 6.46. The first-order valence-electron chi connectivity index (χ1n) is 6.46. The van der Waals surface area contributed by atoms with Crippen molar-refractivity contribution in [3.8, 4) is 0 Å². The van der Waals surface area contributed by atoms with E-state index in [0.29, 0.717) is 0 Å². The minimum atomic E-state index is 1.10. The quantitative estimate of drug-likeness (QED) is 0.739. The Bertz CT molecular complexity index is 340. The smallest absolute Gasteiger partial charge is 0.0388 e. The number of piperidine rings is 1. The summed E-state index contributed by atoms with van der Waals surface area (Å²) in [7, 11) is 1.82. The maximum atomic E-state index is 4.14. The van der Waals surface area contributed by atoms with Gasteiger partial charge in [-0.25, -0.2) is 0 Å². The molecular weight excluding hydrogens is 208 g/mol. The van der Waals surface area contributed by atoms with Crippen molar-refractivity contribution in [3.63, 3.8) is 0 Å². The summed E-state index contributed by atoms with van der Waals surface area (Å²) in [6.07, 6.45) is 4.22. The van der Waals surface area contributed by atoms with Gasteiger partial charge in [-0.1, -0.05) is 30.7 Å². The Morgan fingerprint density at radius 2 is 1.76 bits per heavy atom. The van der Waals surface area contributed by atoms with Crippen LogP contribution in [0.25, 0.3) is 0 Å². The van der Waals surface area contributed by atoms with Crippen LogP contribution in [-0.4, -0.2) is 25.8 Å². The Hall–Kier alpha value is -1.15. The fraction of sp³-hybridized carbons (Fsp3) is 0.533. The van der Waals surface area contributed by atoms with Crippen molar-refractivity contribution < 1.29 is 0 Å². The Morgan fingerprint density at radius 3 is 2.18 bits per heavy atom. The largest absolute Gasteiger partial charge is 0.317 e. The second-order valence-corrected chi connectivity index (χ2v) is 4.43. The molecule has 17 heavy (non-hydrogen) atoms. The van der Waals surface area contributed by atoms with Gasteiger partial charge in [0.25, 0.3) is 0 Å². The van der Waals surface area contributed by atoms with Crippen LogP contribution in [0.1, 0.15) is 37.3 Å². The highest BCUT2D eigenvalue weighted by atomic mass is 14.9. The van der Waals surface area contributed by atoms with Crippen LogP contribution in [0.4, 0.5) is 0 Å². The first-order chi connectivity index (χ1) is 8.25. The average Bonchev–Trinajstić information content (AvgIpc) is 2.41. The molecule has 1 aliphatic heterocycles. The van der Waals surface area contributed by atoms with Gasteiger partial charge in [0.1, 0.15) is 0 Å². The SMILES string of the molecule is C1CCNCC1.CN=C(C)c1ccccc1C. The topological polar surface area (TPSA) is 24.4 Å². The highest BCUT2D eigenvalue weighted by Gasteiger charge is 1.97. The number of aryl methyl sites for hydroxylation is 1. The third kappa shape index (κ3) is 5.14. The number of benzene rings is 1. The number of nitrogens with zero attached hydrogens (tertiary/aromatic N) is 1. The van der Waals surface area contributed by atoms with E-state index in [0.717, 1.165) is 5.71 Å². The van der Waals surface area contributed by atoms with Crippen LogP contribution in [0.15, 0.2) is 29.3 Å². The first kappa shape index (κ1) is 13.9. The summed E-state index contributed by atoms with van der Waals surface area (Å²) < 4.78 is 0. The van der Waals surface area contributed by atoms with E-state index in [1.807, 2.05) is 26.1 Å². The summed E-state index contributed by atoms with van der Waals surface area (Å²) in [5.41, 5.74) is 3.63. The lowest BCUT2D eigenvalue weighted by Gasteiger charge is -2.08. The Kier molecular flexibility index (Phi) is 6.56. The zero-order valence-corrected chi connectivity index (χ0v) is 11.3. The van der Waals surface area contributed by atoms with Crippen molar-refractivity contribution in [1.29, 1.82) is 0 Å². The predicted octanol–water partition coefficient (Wildman–Crippen LogP) is 3.19. The van der Waals surface area contributed by atoms with Gasteiger partial charge in [-0.3, -0.25) is 4.99 Å². The van der Waals surface area contributed by atoms with Crippen molar-refractivity contribution in [2.24, 2.45) is 4.99 Å². The van der Waals surface area contributed by atoms with Gasteiger partial charge in [0, 0.05) is 12.8 Å². The summed E-state index contributed by atoms with van der Waals surface area (Å²) in [6, 6.07) is 8.28. The fourth-order valence-electron chi connectivity index (χ4n) is 1.90. The average molecular weight is 232 g/mol. The number of nitrogens with one attached hydrogen (secondary N) is 1. The van der Waals surface area contributed by atoms with Gasteiger partial charge in [0.05, 0.1) is 0 Å². The van der Waals surface area contributed by atoms with E-state index in [1.54, 1.807) is 0 Å². The maximum absolute atomic E-state index is 4.14. The number of aliphatic imine (C=N–C) groups is 1. The second kappa shape index (κ2) is 8.02. The standard InChI is InChI=1S/C10H13N.C5H11N/c1-8-6-4-5-7-10(8)9(2)11-3;1-2-4-6-5-3-1/h4-7H,1-3H3;6H,1-5H2. The molecule has 2 heteroatoms. The summed E-state index contributed by atoms with van der Waals surface area (Å²) in [4.78, 5) is 4.14. The van der Waals surface area contributed by atoms with Crippen molar-refractivity contribution >= 4 is 5.71 Å². The van der Waals surface area contributed by atoms with E-state index in [-0.39, 0.29) is 0 Å². The number of rotatable bonds is 1. The van der Waals surface area contributed by atoms with Gasteiger partial charge in [0.2, 0.25) is 0 Å². The van der Waals surface area contributed by atoms with Crippen LogP contribution in [-0.2, 0) is 0 Å². The van der Waals surface area contributed by atoms with E-state index in [9.17, 15) is 0 Å². The van der Waals surface area contributed by atoms with Crippen molar-refractivity contribution in [2.75, 3.05) is 20.1 Å². The highest BCUT2D eigenvalue weighted by Crippen LogP contribution is 2.07. The van der Waals surface area contributed by atoms with E-state index >= 15 is 0 Å². The molecule has 2 rings (SSSR count). The molecule has 0 atom stereocenters. The zero-order chi connectivity index (χ0) is 12.5. The molecule has 2 nitrogen and oxygen atoms in total. The van der Waals surface area contributed by atoms with E-state index < -0.39 is 0 Å². The molecule has 1 aromatic carbocycles. The molecule has 0 spiro atoms. The van der Waals surface area contributed by atoms with Crippen LogP contribution >= 0.6 is 0 Å². The Morgan fingerprint density at radius 1 is 1.12 bits per heavy atom. The molecule has 1 saturated heterocycles. The molecule has 0 aromatic heterocycles. The minimum Gasteiger partial charge on any atom is -0.317 e.